The average molecular weight is 217 g/mol. The van der Waals surface area contributed by atoms with Crippen molar-refractivity contribution in [1.29, 1.82) is 0 Å². The van der Waals surface area contributed by atoms with Gasteiger partial charge in [-0.25, -0.2) is 0 Å². The minimum absolute atomic E-state index is 0.687. The van der Waals surface area contributed by atoms with Crippen molar-refractivity contribution in [3.63, 3.8) is 0 Å². The Hall–Kier alpha value is -1.55. The van der Waals surface area contributed by atoms with Crippen LogP contribution in [0.2, 0.25) is 0 Å². The Morgan fingerprint density at radius 2 is 2.00 bits per heavy atom. The molecule has 0 unspecified atom stereocenters. The molecule has 3 nitrogen and oxygen atoms in total. The third kappa shape index (κ3) is 1.80. The number of nitrogens with zero attached hydrogens (tertiary/aromatic N) is 2. The summed E-state index contributed by atoms with van der Waals surface area (Å²) >= 11 is 5.11. The van der Waals surface area contributed by atoms with Crippen molar-refractivity contribution in [1.82, 2.24) is 15.2 Å². The summed E-state index contributed by atoms with van der Waals surface area (Å²) in [5, 5.41) is 7.05. The van der Waals surface area contributed by atoms with Crippen LogP contribution in [-0.2, 0) is 0 Å². The molecule has 0 aliphatic carbocycles. The topological polar surface area (TPSA) is 41.6 Å². The fraction of sp³-hybridized carbons (Fsp3) is 0.182. The van der Waals surface area contributed by atoms with Crippen molar-refractivity contribution < 1.29 is 0 Å². The SMILES string of the molecule is Cc1c(-c2ccccn2)n[nH]c(=S)c1C. The second-order valence-corrected chi connectivity index (χ2v) is 3.77. The Kier molecular flexibility index (Phi) is 2.60. The van der Waals surface area contributed by atoms with Gasteiger partial charge in [-0.05, 0) is 37.1 Å². The normalized spacial score (nSPS) is 10.3. The third-order valence-electron chi connectivity index (χ3n) is 2.44. The van der Waals surface area contributed by atoms with Crippen LogP contribution in [-0.4, -0.2) is 15.2 Å². The van der Waals surface area contributed by atoms with Crippen molar-refractivity contribution >= 4 is 12.2 Å². The maximum atomic E-state index is 5.11. The molecule has 0 fully saturated rings. The molecule has 0 atom stereocenters. The van der Waals surface area contributed by atoms with E-state index in [0.717, 1.165) is 22.5 Å². The first-order valence-electron chi connectivity index (χ1n) is 4.67. The fourth-order valence-electron chi connectivity index (χ4n) is 1.37. The van der Waals surface area contributed by atoms with Crippen LogP contribution in [0.5, 0.6) is 0 Å². The highest BCUT2D eigenvalue weighted by molar-refractivity contribution is 7.71. The predicted molar refractivity (Wildman–Crippen MR) is 62.1 cm³/mol. The Balaban J connectivity index is 2.65. The smallest absolute Gasteiger partial charge is 0.122 e. The molecule has 2 rings (SSSR count). The molecule has 76 valence electrons. The minimum Gasteiger partial charge on any atom is -0.267 e. The molecular formula is C11H11N3S. The molecule has 2 aromatic heterocycles. The molecule has 0 amide bonds. The monoisotopic (exact) mass is 217 g/mol. The van der Waals surface area contributed by atoms with E-state index in [4.69, 9.17) is 12.2 Å². The van der Waals surface area contributed by atoms with Crippen LogP contribution in [0.25, 0.3) is 11.4 Å². The molecule has 0 saturated carbocycles. The number of H-pyrrole nitrogens is 1. The lowest BCUT2D eigenvalue weighted by Gasteiger charge is -2.06. The predicted octanol–water partition coefficient (Wildman–Crippen LogP) is 2.82. The number of pyridine rings is 1. The van der Waals surface area contributed by atoms with E-state index in [1.54, 1.807) is 6.20 Å². The Morgan fingerprint density at radius 3 is 2.67 bits per heavy atom. The summed E-state index contributed by atoms with van der Waals surface area (Å²) in [6, 6.07) is 5.77. The van der Waals surface area contributed by atoms with E-state index in [9.17, 15) is 0 Å². The van der Waals surface area contributed by atoms with E-state index in [1.807, 2.05) is 32.0 Å². The summed E-state index contributed by atoms with van der Waals surface area (Å²) in [6.07, 6.45) is 1.76. The van der Waals surface area contributed by atoms with Gasteiger partial charge in [-0.1, -0.05) is 18.3 Å². The van der Waals surface area contributed by atoms with Gasteiger partial charge in [0.05, 0.1) is 5.69 Å². The van der Waals surface area contributed by atoms with Crippen LogP contribution >= 0.6 is 12.2 Å². The molecule has 4 heteroatoms. The summed E-state index contributed by atoms with van der Waals surface area (Å²) in [6.45, 7) is 4.00. The van der Waals surface area contributed by atoms with Crippen LogP contribution in [0, 0.1) is 18.5 Å². The zero-order valence-electron chi connectivity index (χ0n) is 8.61. The van der Waals surface area contributed by atoms with Crippen molar-refractivity contribution in [3.8, 4) is 11.4 Å². The van der Waals surface area contributed by atoms with Gasteiger partial charge in [0.1, 0.15) is 10.3 Å². The van der Waals surface area contributed by atoms with Crippen LogP contribution in [0.1, 0.15) is 11.1 Å². The number of nitrogens with one attached hydrogen (secondary N) is 1. The van der Waals surface area contributed by atoms with Crippen molar-refractivity contribution in [2.24, 2.45) is 0 Å². The molecule has 0 aliphatic rings. The second-order valence-electron chi connectivity index (χ2n) is 3.37. The summed E-state index contributed by atoms with van der Waals surface area (Å²) < 4.78 is 0.687. The fourth-order valence-corrected chi connectivity index (χ4v) is 1.57. The van der Waals surface area contributed by atoms with Crippen molar-refractivity contribution in [2.75, 3.05) is 0 Å². The van der Waals surface area contributed by atoms with E-state index in [0.29, 0.717) is 4.64 Å². The van der Waals surface area contributed by atoms with Crippen molar-refractivity contribution in [2.45, 2.75) is 13.8 Å². The first-order valence-corrected chi connectivity index (χ1v) is 5.08. The van der Waals surface area contributed by atoms with E-state index < -0.39 is 0 Å². The van der Waals surface area contributed by atoms with E-state index >= 15 is 0 Å². The maximum Gasteiger partial charge on any atom is 0.122 e. The molecule has 2 heterocycles. The largest absolute Gasteiger partial charge is 0.267 e. The number of hydrogen-bond donors (Lipinski definition) is 1. The molecular weight excluding hydrogens is 206 g/mol. The van der Waals surface area contributed by atoms with Crippen LogP contribution in [0.4, 0.5) is 0 Å². The molecule has 1 N–H and O–H groups in total. The molecule has 0 aliphatic heterocycles. The lowest BCUT2D eigenvalue weighted by atomic mass is 10.1. The molecule has 0 bridgehead atoms. The maximum absolute atomic E-state index is 5.11. The van der Waals surface area contributed by atoms with Gasteiger partial charge >= 0.3 is 0 Å². The minimum atomic E-state index is 0.687. The molecule has 15 heavy (non-hydrogen) atoms. The highest BCUT2D eigenvalue weighted by Crippen LogP contribution is 2.19. The third-order valence-corrected chi connectivity index (χ3v) is 2.83. The van der Waals surface area contributed by atoms with Crippen molar-refractivity contribution in [3.05, 3.63) is 40.2 Å². The molecule has 0 spiro atoms. The summed E-state index contributed by atoms with van der Waals surface area (Å²) in [7, 11) is 0. The highest BCUT2D eigenvalue weighted by atomic mass is 32.1. The zero-order chi connectivity index (χ0) is 10.8. The Morgan fingerprint density at radius 1 is 1.20 bits per heavy atom. The van der Waals surface area contributed by atoms with Crippen LogP contribution in [0.3, 0.4) is 0 Å². The first-order chi connectivity index (χ1) is 7.20. The number of hydrogen-bond acceptors (Lipinski definition) is 3. The second kappa shape index (κ2) is 3.90. The molecule has 0 saturated heterocycles. The van der Waals surface area contributed by atoms with Crippen LogP contribution in [0.15, 0.2) is 24.4 Å². The summed E-state index contributed by atoms with van der Waals surface area (Å²) in [4.78, 5) is 4.26. The van der Waals surface area contributed by atoms with Crippen LogP contribution < -0.4 is 0 Å². The van der Waals surface area contributed by atoms with Gasteiger partial charge in [0.2, 0.25) is 0 Å². The zero-order valence-corrected chi connectivity index (χ0v) is 9.43. The number of aromatic amines is 1. The quantitative estimate of drug-likeness (QED) is 0.747. The average Bonchev–Trinajstić information content (AvgIpc) is 2.27. The number of rotatable bonds is 1. The molecule has 0 aromatic carbocycles. The van der Waals surface area contributed by atoms with Gasteiger partial charge in [-0.3, -0.25) is 10.1 Å². The lowest BCUT2D eigenvalue weighted by Crippen LogP contribution is -1.97. The van der Waals surface area contributed by atoms with Gasteiger partial charge in [-0.2, -0.15) is 5.10 Å². The van der Waals surface area contributed by atoms with E-state index in [1.165, 1.54) is 0 Å². The number of aromatic nitrogens is 3. The Bertz CT molecular complexity index is 531. The molecule has 0 radical (unpaired) electrons. The van der Waals surface area contributed by atoms with E-state index in [2.05, 4.69) is 15.2 Å². The van der Waals surface area contributed by atoms with E-state index in [-0.39, 0.29) is 0 Å². The van der Waals surface area contributed by atoms with Gasteiger partial charge in [0.25, 0.3) is 0 Å². The lowest BCUT2D eigenvalue weighted by molar-refractivity contribution is 0.979. The molecule has 2 aromatic rings. The van der Waals surface area contributed by atoms with Gasteiger partial charge in [-0.15, -0.1) is 0 Å². The highest BCUT2D eigenvalue weighted by Gasteiger charge is 2.07. The Labute approximate surface area is 93.2 Å². The van der Waals surface area contributed by atoms with Gasteiger partial charge in [0.15, 0.2) is 0 Å². The standard InChI is InChI=1S/C11H11N3S/c1-7-8(2)11(15)14-13-10(7)9-5-3-4-6-12-9/h3-6H,1-2H3,(H,14,15). The summed E-state index contributed by atoms with van der Waals surface area (Å²) in [5.74, 6) is 0. The van der Waals surface area contributed by atoms with Gasteiger partial charge < -0.3 is 0 Å². The first kappa shape index (κ1) is 9.98. The van der Waals surface area contributed by atoms with Gasteiger partial charge in [0, 0.05) is 6.20 Å². The summed E-state index contributed by atoms with van der Waals surface area (Å²) in [5.41, 5.74) is 3.86.